The van der Waals surface area contributed by atoms with Crippen molar-refractivity contribution >= 4 is 0 Å². The van der Waals surface area contributed by atoms with Gasteiger partial charge in [-0.15, -0.1) is 0 Å². The third-order valence-corrected chi connectivity index (χ3v) is 1.47. The van der Waals surface area contributed by atoms with E-state index in [9.17, 15) is 0 Å². The molecule has 0 amide bonds. The van der Waals surface area contributed by atoms with Gasteiger partial charge in [-0.3, -0.25) is 0 Å². The Labute approximate surface area is 73.4 Å². The van der Waals surface area contributed by atoms with Gasteiger partial charge in [0.1, 0.15) is 0 Å². The number of benzene rings is 1. The minimum absolute atomic E-state index is 0. The summed E-state index contributed by atoms with van der Waals surface area (Å²) < 4.78 is 0. The van der Waals surface area contributed by atoms with Crippen molar-refractivity contribution < 1.29 is 17.4 Å². The second-order valence-electron chi connectivity index (χ2n) is 2.57. The zero-order valence-electron chi connectivity index (χ0n) is 6.37. The van der Waals surface area contributed by atoms with Crippen LogP contribution in [0.3, 0.4) is 0 Å². The topological polar surface area (TPSA) is 0 Å². The molecule has 0 bridgehead atoms. The third kappa shape index (κ3) is 2.56. The molecule has 0 aliphatic carbocycles. The minimum Gasteiger partial charge on any atom is -0.0622 e. The molecule has 0 nitrogen and oxygen atoms in total. The summed E-state index contributed by atoms with van der Waals surface area (Å²) in [6.45, 7) is 4.41. The molecule has 10 heavy (non-hydrogen) atoms. The van der Waals surface area contributed by atoms with Crippen LogP contribution in [0.15, 0.2) is 30.3 Å². The molecular weight excluding hydrogens is 160 g/mol. The molecule has 0 aliphatic rings. The maximum absolute atomic E-state index is 2.20. The molecule has 0 spiro atoms. The Morgan fingerprint density at radius 3 is 1.80 bits per heavy atom. The fourth-order valence-electron chi connectivity index (χ4n) is 0.838. The Balaban J connectivity index is 0.000000810. The number of hydrogen-bond donors (Lipinski definition) is 0. The van der Waals surface area contributed by atoms with Crippen molar-refractivity contribution in [1.82, 2.24) is 0 Å². The predicted molar refractivity (Wildman–Crippen MR) is 40.5 cm³/mol. The predicted octanol–water partition coefficient (Wildman–Crippen LogP) is 2.81. The summed E-state index contributed by atoms with van der Waals surface area (Å²) in [6.07, 6.45) is 0. The quantitative estimate of drug-likeness (QED) is 0.611. The van der Waals surface area contributed by atoms with Gasteiger partial charge in [0.2, 0.25) is 0 Å². The Hall–Kier alpha value is -0.248. The summed E-state index contributed by atoms with van der Waals surface area (Å²) in [5, 5.41) is 0. The van der Waals surface area contributed by atoms with Crippen LogP contribution in [0.2, 0.25) is 0 Å². The van der Waals surface area contributed by atoms with Gasteiger partial charge in [-0.1, -0.05) is 44.2 Å². The van der Waals surface area contributed by atoms with Gasteiger partial charge < -0.3 is 0 Å². The third-order valence-electron chi connectivity index (χ3n) is 1.47. The van der Waals surface area contributed by atoms with Crippen molar-refractivity contribution in [2.45, 2.75) is 19.8 Å². The van der Waals surface area contributed by atoms with Crippen molar-refractivity contribution in [2.75, 3.05) is 0 Å². The van der Waals surface area contributed by atoms with Crippen LogP contribution in [-0.2, 0) is 17.4 Å². The zero-order chi connectivity index (χ0) is 6.69. The molecule has 0 aromatic heterocycles. The molecule has 0 radical (unpaired) electrons. The van der Waals surface area contributed by atoms with Gasteiger partial charge in [0.05, 0.1) is 0 Å². The summed E-state index contributed by atoms with van der Waals surface area (Å²) in [5.41, 5.74) is 1.41. The Morgan fingerprint density at radius 1 is 1.00 bits per heavy atom. The van der Waals surface area contributed by atoms with E-state index < -0.39 is 0 Å². The molecule has 1 rings (SSSR count). The van der Waals surface area contributed by atoms with Gasteiger partial charge in [0.25, 0.3) is 0 Å². The van der Waals surface area contributed by atoms with E-state index in [2.05, 4.69) is 38.1 Å². The van der Waals surface area contributed by atoms with Crippen LogP contribution in [0.25, 0.3) is 0 Å². The molecule has 0 fully saturated rings. The molecule has 0 aliphatic heterocycles. The van der Waals surface area contributed by atoms with Crippen molar-refractivity contribution in [3.8, 4) is 0 Å². The molecule has 0 atom stereocenters. The Kier molecular flexibility index (Phi) is 4.44. The average Bonchev–Trinajstić information content (AvgIpc) is 1.90. The summed E-state index contributed by atoms with van der Waals surface area (Å²) in [6, 6.07) is 10.5. The fraction of sp³-hybridized carbons (Fsp3) is 0.333. The SMILES string of the molecule is CC(C)c1ccccc1.[Cr]. The largest absolute Gasteiger partial charge is 0.0622 e. The smallest absolute Gasteiger partial charge is 0 e. The van der Waals surface area contributed by atoms with E-state index in [1.54, 1.807) is 0 Å². The minimum atomic E-state index is 0. The van der Waals surface area contributed by atoms with Crippen LogP contribution in [0.5, 0.6) is 0 Å². The molecule has 0 heterocycles. The maximum atomic E-state index is 2.20. The normalized spacial score (nSPS) is 9.10. The van der Waals surface area contributed by atoms with Crippen molar-refractivity contribution in [2.24, 2.45) is 0 Å². The first-order chi connectivity index (χ1) is 4.30. The maximum Gasteiger partial charge on any atom is 0 e. The Bertz CT molecular complexity index is 167. The van der Waals surface area contributed by atoms with Crippen LogP contribution < -0.4 is 0 Å². The molecule has 54 valence electrons. The fourth-order valence-corrected chi connectivity index (χ4v) is 0.838. The van der Waals surface area contributed by atoms with E-state index in [1.165, 1.54) is 5.56 Å². The van der Waals surface area contributed by atoms with Gasteiger partial charge in [-0.2, -0.15) is 0 Å². The Morgan fingerprint density at radius 2 is 1.50 bits per heavy atom. The first-order valence-corrected chi connectivity index (χ1v) is 3.35. The molecule has 0 saturated carbocycles. The first kappa shape index (κ1) is 9.75. The van der Waals surface area contributed by atoms with E-state index in [4.69, 9.17) is 0 Å². The number of hydrogen-bond acceptors (Lipinski definition) is 0. The van der Waals surface area contributed by atoms with Gasteiger partial charge in [0, 0.05) is 17.4 Å². The standard InChI is InChI=1S/C9H12.Cr/c1-8(2)9-6-4-3-5-7-9;/h3-8H,1-2H3;. The summed E-state index contributed by atoms with van der Waals surface area (Å²) in [5.74, 6) is 0.659. The molecule has 0 saturated heterocycles. The molecule has 1 aromatic carbocycles. The molecular formula is C9H12Cr. The molecule has 1 aromatic rings. The molecule has 1 heteroatoms. The van der Waals surface area contributed by atoms with Crippen LogP contribution >= 0.6 is 0 Å². The monoisotopic (exact) mass is 172 g/mol. The van der Waals surface area contributed by atoms with Crippen molar-refractivity contribution in [3.63, 3.8) is 0 Å². The van der Waals surface area contributed by atoms with E-state index in [-0.39, 0.29) is 17.4 Å². The van der Waals surface area contributed by atoms with Crippen molar-refractivity contribution in [1.29, 1.82) is 0 Å². The van der Waals surface area contributed by atoms with E-state index in [1.807, 2.05) is 6.07 Å². The zero-order valence-corrected chi connectivity index (χ0v) is 7.65. The summed E-state index contributed by atoms with van der Waals surface area (Å²) >= 11 is 0. The summed E-state index contributed by atoms with van der Waals surface area (Å²) in [4.78, 5) is 0. The van der Waals surface area contributed by atoms with E-state index >= 15 is 0 Å². The van der Waals surface area contributed by atoms with E-state index in [0.717, 1.165) is 0 Å². The molecule has 0 N–H and O–H groups in total. The molecule has 0 unspecified atom stereocenters. The van der Waals surface area contributed by atoms with Gasteiger partial charge in [-0.05, 0) is 11.5 Å². The van der Waals surface area contributed by atoms with Crippen LogP contribution in [0, 0.1) is 0 Å². The average molecular weight is 172 g/mol. The van der Waals surface area contributed by atoms with Gasteiger partial charge >= 0.3 is 0 Å². The van der Waals surface area contributed by atoms with Crippen LogP contribution in [0.1, 0.15) is 25.3 Å². The van der Waals surface area contributed by atoms with Crippen molar-refractivity contribution in [3.05, 3.63) is 35.9 Å². The number of rotatable bonds is 1. The van der Waals surface area contributed by atoms with Crippen LogP contribution in [0.4, 0.5) is 0 Å². The second kappa shape index (κ2) is 4.55. The summed E-state index contributed by atoms with van der Waals surface area (Å²) in [7, 11) is 0. The van der Waals surface area contributed by atoms with Gasteiger partial charge in [-0.25, -0.2) is 0 Å². The van der Waals surface area contributed by atoms with E-state index in [0.29, 0.717) is 5.92 Å². The second-order valence-corrected chi connectivity index (χ2v) is 2.57. The first-order valence-electron chi connectivity index (χ1n) is 3.35. The van der Waals surface area contributed by atoms with Crippen LogP contribution in [-0.4, -0.2) is 0 Å². The van der Waals surface area contributed by atoms with Gasteiger partial charge in [0.15, 0.2) is 0 Å².